The maximum atomic E-state index is 8.48. The van der Waals surface area contributed by atoms with Crippen LogP contribution in [0.4, 0.5) is 0 Å². The number of rotatable bonds is 1. The van der Waals surface area contributed by atoms with Crippen molar-refractivity contribution in [1.82, 2.24) is 0 Å². The van der Waals surface area contributed by atoms with Gasteiger partial charge in [0.1, 0.15) is 0 Å². The summed E-state index contributed by atoms with van der Waals surface area (Å²) in [5.74, 6) is 0. The van der Waals surface area contributed by atoms with Crippen LogP contribution in [0.15, 0.2) is 30.3 Å². The Hall–Kier alpha value is -0.760. The highest BCUT2D eigenvalue weighted by atomic mass is 31.1. The number of hydrogen-bond acceptors (Lipinski definition) is 3. The predicted octanol–water partition coefficient (Wildman–Crippen LogP) is 0.613. The summed E-state index contributed by atoms with van der Waals surface area (Å²) in [5.41, 5.74) is 1.41. The first-order chi connectivity index (χ1) is 5.66. The maximum Gasteiger partial charge on any atom is 0.276 e. The highest BCUT2D eigenvalue weighted by Crippen LogP contribution is 1.96. The van der Waals surface area contributed by atoms with E-state index in [1.54, 1.807) is 0 Å². The van der Waals surface area contributed by atoms with Crippen molar-refractivity contribution in [2.75, 3.05) is 0 Å². The highest BCUT2D eigenvalue weighted by molar-refractivity contribution is 7.27. The van der Waals surface area contributed by atoms with Crippen LogP contribution in [-0.4, -0.2) is 0 Å². The number of hydrogen-bond donors (Lipinski definition) is 0. The second-order valence-corrected chi connectivity index (χ2v) is 2.51. The third kappa shape index (κ3) is 7.35. The molecule has 3 nitrogen and oxygen atoms in total. The Bertz CT molecular complexity index is 219. The molecule has 0 radical (unpaired) electrons. The number of benzene rings is 1. The molecule has 0 heterocycles. The van der Waals surface area contributed by atoms with Gasteiger partial charge in [0.15, 0.2) is 0 Å². The maximum absolute atomic E-state index is 8.48. The average molecular weight is 185 g/mol. The molecule has 0 saturated heterocycles. The van der Waals surface area contributed by atoms with Crippen molar-refractivity contribution in [3.63, 3.8) is 0 Å². The molecule has 0 bridgehead atoms. The Kier molecular flexibility index (Phi) is 6.48. The second-order valence-electron chi connectivity index (χ2n) is 2.06. The zero-order chi connectivity index (χ0) is 9.40. The molecular weight excluding hydrogens is 175 g/mol. The Morgan fingerprint density at radius 1 is 1.25 bits per heavy atom. The van der Waals surface area contributed by atoms with Crippen molar-refractivity contribution in [3.8, 4) is 0 Å². The normalized spacial score (nSPS) is 8.25. The van der Waals surface area contributed by atoms with Crippen LogP contribution >= 0.6 is 8.25 Å². The zero-order valence-electron chi connectivity index (χ0n) is 6.77. The van der Waals surface area contributed by atoms with Crippen LogP contribution in [-0.2, 0) is 11.0 Å². The molecule has 0 spiro atoms. The summed E-state index contributed by atoms with van der Waals surface area (Å²) in [7, 11) is -3.37. The molecule has 0 N–H and O–H groups in total. The van der Waals surface area contributed by atoms with Gasteiger partial charge in [-0.3, -0.25) is 0 Å². The summed E-state index contributed by atoms with van der Waals surface area (Å²) in [5, 5.41) is 0. The van der Waals surface area contributed by atoms with Gasteiger partial charge in [0.05, 0.1) is 0 Å². The van der Waals surface area contributed by atoms with Crippen molar-refractivity contribution < 1.29 is 14.4 Å². The topological polar surface area (TPSA) is 63.2 Å². The highest BCUT2D eigenvalue weighted by Gasteiger charge is 1.79. The molecular formula is C8H10O3P-. The van der Waals surface area contributed by atoms with E-state index in [1.165, 1.54) is 5.56 Å². The van der Waals surface area contributed by atoms with Crippen LogP contribution in [0.25, 0.3) is 0 Å². The standard InChI is InChI=1S/C8H10.HO3P/c1-2-8-6-4-3-5-7-8;1-4(2)3/h3-7H,2H2,1H3;(H,1,2,3)/p-1. The summed E-state index contributed by atoms with van der Waals surface area (Å²) >= 11 is 0. The van der Waals surface area contributed by atoms with E-state index in [0.29, 0.717) is 0 Å². The van der Waals surface area contributed by atoms with Crippen molar-refractivity contribution in [1.29, 1.82) is 0 Å². The fourth-order valence-electron chi connectivity index (χ4n) is 0.714. The van der Waals surface area contributed by atoms with E-state index in [0.717, 1.165) is 6.42 Å². The number of aryl methyl sites for hydroxylation is 1. The minimum atomic E-state index is -3.37. The van der Waals surface area contributed by atoms with Gasteiger partial charge in [0.2, 0.25) is 0 Å². The Labute approximate surface area is 72.6 Å². The third-order valence-corrected chi connectivity index (χ3v) is 1.25. The van der Waals surface area contributed by atoms with Crippen LogP contribution in [0.3, 0.4) is 0 Å². The molecule has 0 fully saturated rings. The van der Waals surface area contributed by atoms with Gasteiger partial charge in [0, 0.05) is 0 Å². The van der Waals surface area contributed by atoms with Crippen LogP contribution in [0.2, 0.25) is 0 Å². The average Bonchev–Trinajstić information content (AvgIpc) is 2.05. The van der Waals surface area contributed by atoms with E-state index in [1.807, 2.05) is 6.07 Å². The summed E-state index contributed by atoms with van der Waals surface area (Å²) in [6.45, 7) is 2.16. The molecule has 0 aliphatic rings. The van der Waals surface area contributed by atoms with E-state index in [4.69, 9.17) is 14.4 Å². The van der Waals surface area contributed by atoms with E-state index in [9.17, 15) is 0 Å². The van der Waals surface area contributed by atoms with Crippen LogP contribution in [0, 0.1) is 0 Å². The van der Waals surface area contributed by atoms with Crippen molar-refractivity contribution in [3.05, 3.63) is 35.9 Å². The van der Waals surface area contributed by atoms with E-state index in [2.05, 4.69) is 31.2 Å². The van der Waals surface area contributed by atoms with Gasteiger partial charge in [-0.1, -0.05) is 41.8 Å². The molecule has 0 aliphatic heterocycles. The fraction of sp³-hybridized carbons (Fsp3) is 0.250. The van der Waals surface area contributed by atoms with E-state index in [-0.39, 0.29) is 0 Å². The van der Waals surface area contributed by atoms with Crippen molar-refractivity contribution in [2.45, 2.75) is 13.3 Å². The minimum absolute atomic E-state index is 1.14. The van der Waals surface area contributed by atoms with Gasteiger partial charge < -0.3 is 9.79 Å². The molecule has 0 aromatic heterocycles. The molecule has 1 rings (SSSR count). The Morgan fingerprint density at radius 3 is 1.92 bits per heavy atom. The van der Waals surface area contributed by atoms with Crippen molar-refractivity contribution >= 4 is 8.25 Å². The molecule has 4 heteroatoms. The van der Waals surface area contributed by atoms with Crippen molar-refractivity contribution in [2.24, 2.45) is 0 Å². The molecule has 0 saturated carbocycles. The van der Waals surface area contributed by atoms with E-state index >= 15 is 0 Å². The van der Waals surface area contributed by atoms with Gasteiger partial charge in [-0.15, -0.1) is 0 Å². The lowest BCUT2D eigenvalue weighted by atomic mass is 10.2. The summed E-state index contributed by atoms with van der Waals surface area (Å²) in [4.78, 5) is 17.0. The first-order valence-electron chi connectivity index (χ1n) is 3.52. The summed E-state index contributed by atoms with van der Waals surface area (Å²) < 4.78 is 8.48. The van der Waals surface area contributed by atoms with Gasteiger partial charge in [-0.25, -0.2) is 0 Å². The van der Waals surface area contributed by atoms with Gasteiger partial charge in [-0.05, 0) is 12.0 Å². The molecule has 12 heavy (non-hydrogen) atoms. The Morgan fingerprint density at radius 2 is 1.67 bits per heavy atom. The van der Waals surface area contributed by atoms with E-state index < -0.39 is 8.25 Å². The lowest BCUT2D eigenvalue weighted by Crippen LogP contribution is -1.97. The summed E-state index contributed by atoms with van der Waals surface area (Å²) in [6, 6.07) is 10.5. The minimum Gasteiger partial charge on any atom is -0.598 e. The van der Waals surface area contributed by atoms with Crippen LogP contribution in [0.5, 0.6) is 0 Å². The van der Waals surface area contributed by atoms with Gasteiger partial charge in [-0.2, -0.15) is 0 Å². The fourth-order valence-corrected chi connectivity index (χ4v) is 0.714. The molecule has 0 atom stereocenters. The van der Waals surface area contributed by atoms with Crippen LogP contribution < -0.4 is 9.79 Å². The quantitative estimate of drug-likeness (QED) is 0.602. The SMILES string of the molecule is CCc1ccccc1.O=[P+]([O-])[O-]. The Balaban J connectivity index is 0.000000261. The zero-order valence-corrected chi connectivity index (χ0v) is 7.66. The first kappa shape index (κ1) is 11.2. The largest absolute Gasteiger partial charge is 0.598 e. The first-order valence-corrected chi connectivity index (χ1v) is 4.61. The second kappa shape index (κ2) is 6.92. The molecule has 0 aliphatic carbocycles. The lowest BCUT2D eigenvalue weighted by Gasteiger charge is -1.89. The lowest BCUT2D eigenvalue weighted by molar-refractivity contribution is -0.297. The molecule has 1 aromatic carbocycles. The predicted molar refractivity (Wildman–Crippen MR) is 43.4 cm³/mol. The molecule has 0 amide bonds. The summed E-state index contributed by atoms with van der Waals surface area (Å²) in [6.07, 6.45) is 1.14. The van der Waals surface area contributed by atoms with Gasteiger partial charge in [0.25, 0.3) is 8.25 Å². The van der Waals surface area contributed by atoms with Crippen LogP contribution in [0.1, 0.15) is 12.5 Å². The molecule has 1 aromatic rings. The van der Waals surface area contributed by atoms with Gasteiger partial charge >= 0.3 is 0 Å². The molecule has 0 unspecified atom stereocenters. The third-order valence-electron chi connectivity index (χ3n) is 1.25. The molecule has 66 valence electrons. The smallest absolute Gasteiger partial charge is 0.276 e. The monoisotopic (exact) mass is 185 g/mol.